The predicted octanol–water partition coefficient (Wildman–Crippen LogP) is 1.77. The van der Waals surface area contributed by atoms with Crippen molar-refractivity contribution in [3.63, 3.8) is 0 Å². The highest BCUT2D eigenvalue weighted by molar-refractivity contribution is 5.25. The summed E-state index contributed by atoms with van der Waals surface area (Å²) in [5.74, 6) is 0. The van der Waals surface area contributed by atoms with Gasteiger partial charge in [-0.2, -0.15) is 0 Å². The number of hydrogen-bond donors (Lipinski definition) is 1. The Labute approximate surface area is 86.7 Å². The SMILES string of the molecule is Cc1ccccc1CN(C)C(C)CN. The summed E-state index contributed by atoms with van der Waals surface area (Å²) in [6, 6.07) is 8.93. The van der Waals surface area contributed by atoms with Crippen LogP contribution in [0.3, 0.4) is 0 Å². The van der Waals surface area contributed by atoms with E-state index in [1.807, 2.05) is 0 Å². The van der Waals surface area contributed by atoms with Crippen molar-refractivity contribution in [2.45, 2.75) is 26.4 Å². The fourth-order valence-corrected chi connectivity index (χ4v) is 1.39. The molecule has 0 aliphatic carbocycles. The van der Waals surface area contributed by atoms with Crippen molar-refractivity contribution < 1.29 is 0 Å². The van der Waals surface area contributed by atoms with Gasteiger partial charge in [-0.1, -0.05) is 24.3 Å². The third-order valence-corrected chi connectivity index (χ3v) is 2.77. The molecule has 78 valence electrons. The van der Waals surface area contributed by atoms with Crippen LogP contribution in [0.2, 0.25) is 0 Å². The standard InChI is InChI=1S/C12H20N2/c1-10-6-4-5-7-12(10)9-14(3)11(2)8-13/h4-7,11H,8-9,13H2,1-3H3. The van der Waals surface area contributed by atoms with E-state index in [1.54, 1.807) is 0 Å². The second-order valence-electron chi connectivity index (χ2n) is 3.93. The van der Waals surface area contributed by atoms with Crippen LogP contribution in [0.15, 0.2) is 24.3 Å². The molecular formula is C12H20N2. The number of aryl methyl sites for hydroxylation is 1. The summed E-state index contributed by atoms with van der Waals surface area (Å²) in [6.45, 7) is 5.99. The van der Waals surface area contributed by atoms with E-state index in [2.05, 4.69) is 50.1 Å². The van der Waals surface area contributed by atoms with Crippen LogP contribution in [0.5, 0.6) is 0 Å². The van der Waals surface area contributed by atoms with Gasteiger partial charge in [-0.3, -0.25) is 4.90 Å². The van der Waals surface area contributed by atoms with Gasteiger partial charge in [0.1, 0.15) is 0 Å². The van der Waals surface area contributed by atoms with Crippen molar-refractivity contribution in [2.75, 3.05) is 13.6 Å². The maximum Gasteiger partial charge on any atom is 0.0236 e. The van der Waals surface area contributed by atoms with E-state index in [0.29, 0.717) is 12.6 Å². The van der Waals surface area contributed by atoms with E-state index >= 15 is 0 Å². The molecule has 2 N–H and O–H groups in total. The van der Waals surface area contributed by atoms with Crippen LogP contribution in [0.25, 0.3) is 0 Å². The third-order valence-electron chi connectivity index (χ3n) is 2.77. The minimum absolute atomic E-state index is 0.439. The number of likely N-dealkylation sites (N-methyl/N-ethyl adjacent to an activating group) is 1. The lowest BCUT2D eigenvalue weighted by Crippen LogP contribution is -2.34. The topological polar surface area (TPSA) is 29.3 Å². The van der Waals surface area contributed by atoms with E-state index in [-0.39, 0.29) is 0 Å². The number of nitrogens with two attached hydrogens (primary N) is 1. The highest BCUT2D eigenvalue weighted by atomic mass is 15.1. The summed E-state index contributed by atoms with van der Waals surface area (Å²) in [4.78, 5) is 2.28. The molecule has 1 aromatic rings. The molecule has 2 heteroatoms. The Hall–Kier alpha value is -0.860. The van der Waals surface area contributed by atoms with E-state index in [4.69, 9.17) is 5.73 Å². The molecule has 1 atom stereocenters. The lowest BCUT2D eigenvalue weighted by molar-refractivity contribution is 0.254. The average Bonchev–Trinajstić information content (AvgIpc) is 2.20. The van der Waals surface area contributed by atoms with E-state index in [0.717, 1.165) is 6.54 Å². The van der Waals surface area contributed by atoms with Crippen LogP contribution in [0, 0.1) is 6.92 Å². The number of rotatable bonds is 4. The van der Waals surface area contributed by atoms with Crippen molar-refractivity contribution in [1.29, 1.82) is 0 Å². The zero-order valence-electron chi connectivity index (χ0n) is 9.33. The van der Waals surface area contributed by atoms with Crippen LogP contribution in [-0.4, -0.2) is 24.5 Å². The molecule has 2 nitrogen and oxygen atoms in total. The van der Waals surface area contributed by atoms with Crippen LogP contribution in [-0.2, 0) is 6.54 Å². The monoisotopic (exact) mass is 192 g/mol. The largest absolute Gasteiger partial charge is 0.329 e. The Bertz CT molecular complexity index is 283. The first-order chi connectivity index (χ1) is 6.65. The van der Waals surface area contributed by atoms with Crippen molar-refractivity contribution >= 4 is 0 Å². The number of benzene rings is 1. The molecule has 1 unspecified atom stereocenters. The van der Waals surface area contributed by atoms with Crippen molar-refractivity contribution in [3.05, 3.63) is 35.4 Å². The molecule has 0 heterocycles. The summed E-state index contributed by atoms with van der Waals surface area (Å²) >= 11 is 0. The first-order valence-electron chi connectivity index (χ1n) is 5.10. The second-order valence-corrected chi connectivity index (χ2v) is 3.93. The molecule has 0 bridgehead atoms. The van der Waals surface area contributed by atoms with Gasteiger partial charge in [0.25, 0.3) is 0 Å². The van der Waals surface area contributed by atoms with Crippen LogP contribution >= 0.6 is 0 Å². The van der Waals surface area contributed by atoms with E-state index < -0.39 is 0 Å². The molecule has 0 radical (unpaired) electrons. The fourth-order valence-electron chi connectivity index (χ4n) is 1.39. The molecule has 1 rings (SSSR count). The summed E-state index contributed by atoms with van der Waals surface area (Å²) in [5, 5.41) is 0. The second kappa shape index (κ2) is 5.13. The molecular weight excluding hydrogens is 172 g/mol. The van der Waals surface area contributed by atoms with Crippen molar-refractivity contribution in [2.24, 2.45) is 5.73 Å². The zero-order chi connectivity index (χ0) is 10.6. The quantitative estimate of drug-likeness (QED) is 0.788. The Balaban J connectivity index is 2.64. The highest BCUT2D eigenvalue weighted by Crippen LogP contribution is 2.10. The summed E-state index contributed by atoms with van der Waals surface area (Å²) < 4.78 is 0. The van der Waals surface area contributed by atoms with Crippen LogP contribution < -0.4 is 5.73 Å². The maximum atomic E-state index is 5.62. The first kappa shape index (κ1) is 11.2. The summed E-state index contributed by atoms with van der Waals surface area (Å²) in [6.07, 6.45) is 0. The van der Waals surface area contributed by atoms with Gasteiger partial charge in [0, 0.05) is 19.1 Å². The highest BCUT2D eigenvalue weighted by Gasteiger charge is 2.08. The van der Waals surface area contributed by atoms with Gasteiger partial charge in [0.05, 0.1) is 0 Å². The van der Waals surface area contributed by atoms with Gasteiger partial charge in [-0.15, -0.1) is 0 Å². The van der Waals surface area contributed by atoms with E-state index in [1.165, 1.54) is 11.1 Å². The minimum Gasteiger partial charge on any atom is -0.329 e. The molecule has 0 aromatic heterocycles. The summed E-state index contributed by atoms with van der Waals surface area (Å²) in [5.41, 5.74) is 8.36. The molecule has 0 saturated heterocycles. The fraction of sp³-hybridized carbons (Fsp3) is 0.500. The van der Waals surface area contributed by atoms with Gasteiger partial charge in [-0.25, -0.2) is 0 Å². The summed E-state index contributed by atoms with van der Waals surface area (Å²) in [7, 11) is 2.12. The van der Waals surface area contributed by atoms with Crippen LogP contribution in [0.1, 0.15) is 18.1 Å². The van der Waals surface area contributed by atoms with Gasteiger partial charge in [0.2, 0.25) is 0 Å². The molecule has 0 amide bonds. The molecule has 0 saturated carbocycles. The number of hydrogen-bond acceptors (Lipinski definition) is 2. The number of nitrogens with zero attached hydrogens (tertiary/aromatic N) is 1. The first-order valence-corrected chi connectivity index (χ1v) is 5.10. The smallest absolute Gasteiger partial charge is 0.0236 e. The van der Waals surface area contributed by atoms with Gasteiger partial charge >= 0.3 is 0 Å². The molecule has 14 heavy (non-hydrogen) atoms. The molecule has 0 fully saturated rings. The van der Waals surface area contributed by atoms with Crippen LogP contribution in [0.4, 0.5) is 0 Å². The van der Waals surface area contributed by atoms with Gasteiger partial charge in [0.15, 0.2) is 0 Å². The molecule has 1 aromatic carbocycles. The van der Waals surface area contributed by atoms with Crippen molar-refractivity contribution in [1.82, 2.24) is 4.90 Å². The molecule has 0 spiro atoms. The van der Waals surface area contributed by atoms with Gasteiger partial charge < -0.3 is 5.73 Å². The van der Waals surface area contributed by atoms with E-state index in [9.17, 15) is 0 Å². The zero-order valence-corrected chi connectivity index (χ0v) is 9.33. The Morgan fingerprint density at radius 3 is 2.57 bits per heavy atom. The molecule has 0 aliphatic heterocycles. The minimum atomic E-state index is 0.439. The lowest BCUT2D eigenvalue weighted by Gasteiger charge is -2.24. The Kier molecular flexibility index (Phi) is 4.11. The maximum absolute atomic E-state index is 5.62. The third kappa shape index (κ3) is 2.82. The average molecular weight is 192 g/mol. The normalized spacial score (nSPS) is 13.2. The predicted molar refractivity (Wildman–Crippen MR) is 61.2 cm³/mol. The van der Waals surface area contributed by atoms with Gasteiger partial charge in [-0.05, 0) is 32.0 Å². The molecule has 0 aliphatic rings. The Morgan fingerprint density at radius 1 is 1.36 bits per heavy atom. The Morgan fingerprint density at radius 2 is 2.00 bits per heavy atom. The van der Waals surface area contributed by atoms with Crippen molar-refractivity contribution in [3.8, 4) is 0 Å². The lowest BCUT2D eigenvalue weighted by atomic mass is 10.1.